The molecule has 1 aromatic rings. The lowest BCUT2D eigenvalue weighted by Gasteiger charge is -2.17. The van der Waals surface area contributed by atoms with Crippen molar-refractivity contribution in [3.05, 3.63) is 29.8 Å². The Morgan fingerprint density at radius 1 is 1.29 bits per heavy atom. The highest BCUT2D eigenvalue weighted by Gasteiger charge is 2.31. The maximum absolute atomic E-state index is 12.2. The fraction of sp³-hybridized carbons (Fsp3) is 0.455. The molecule has 0 unspecified atom stereocenters. The number of benzene rings is 1. The Kier molecular flexibility index (Phi) is 6.34. The molecule has 1 aromatic carbocycles. The predicted molar refractivity (Wildman–Crippen MR) is 62.5 cm³/mol. The zero-order valence-corrected chi connectivity index (χ0v) is 10.1. The molecule has 0 aliphatic carbocycles. The SMILES string of the molecule is CCOc1ccccc1[C@@H](N)CC(F)(F)F.Cl. The van der Waals surface area contributed by atoms with Crippen molar-refractivity contribution < 1.29 is 17.9 Å². The van der Waals surface area contributed by atoms with Gasteiger partial charge in [-0.05, 0) is 13.0 Å². The summed E-state index contributed by atoms with van der Waals surface area (Å²) >= 11 is 0. The third-order valence-corrected chi connectivity index (χ3v) is 2.07. The summed E-state index contributed by atoms with van der Waals surface area (Å²) in [6.07, 6.45) is -5.31. The van der Waals surface area contributed by atoms with Gasteiger partial charge in [0.25, 0.3) is 0 Å². The van der Waals surface area contributed by atoms with E-state index < -0.39 is 18.6 Å². The Morgan fingerprint density at radius 2 is 1.88 bits per heavy atom. The molecule has 0 radical (unpaired) electrons. The maximum Gasteiger partial charge on any atom is 0.390 e. The van der Waals surface area contributed by atoms with E-state index in [0.29, 0.717) is 17.9 Å². The van der Waals surface area contributed by atoms with E-state index in [4.69, 9.17) is 10.5 Å². The van der Waals surface area contributed by atoms with Crippen LogP contribution in [0.5, 0.6) is 5.75 Å². The fourth-order valence-electron chi connectivity index (χ4n) is 1.43. The van der Waals surface area contributed by atoms with Gasteiger partial charge >= 0.3 is 6.18 Å². The molecule has 98 valence electrons. The highest BCUT2D eigenvalue weighted by atomic mass is 35.5. The van der Waals surface area contributed by atoms with E-state index in [9.17, 15) is 13.2 Å². The molecule has 17 heavy (non-hydrogen) atoms. The first-order valence-electron chi connectivity index (χ1n) is 4.98. The molecule has 2 N–H and O–H groups in total. The van der Waals surface area contributed by atoms with E-state index in [-0.39, 0.29) is 12.4 Å². The number of alkyl halides is 3. The molecule has 0 fully saturated rings. The molecule has 0 aliphatic rings. The molecule has 1 rings (SSSR count). The van der Waals surface area contributed by atoms with Crippen molar-refractivity contribution in [1.29, 1.82) is 0 Å². The first kappa shape index (κ1) is 16.1. The zero-order chi connectivity index (χ0) is 12.2. The molecule has 0 heterocycles. The second-order valence-electron chi connectivity index (χ2n) is 3.40. The van der Waals surface area contributed by atoms with Gasteiger partial charge in [-0.2, -0.15) is 13.2 Å². The van der Waals surface area contributed by atoms with Gasteiger partial charge in [0, 0.05) is 11.6 Å². The molecule has 0 spiro atoms. The second-order valence-corrected chi connectivity index (χ2v) is 3.40. The van der Waals surface area contributed by atoms with Gasteiger partial charge in [-0.25, -0.2) is 0 Å². The zero-order valence-electron chi connectivity index (χ0n) is 9.33. The number of para-hydroxylation sites is 1. The van der Waals surface area contributed by atoms with E-state index in [2.05, 4.69) is 0 Å². The summed E-state index contributed by atoms with van der Waals surface area (Å²) in [5.41, 5.74) is 5.90. The van der Waals surface area contributed by atoms with Crippen molar-refractivity contribution in [3.8, 4) is 5.75 Å². The van der Waals surface area contributed by atoms with E-state index in [1.807, 2.05) is 0 Å². The highest BCUT2D eigenvalue weighted by molar-refractivity contribution is 5.85. The maximum atomic E-state index is 12.2. The Hall–Kier alpha value is -0.940. The number of ether oxygens (including phenoxy) is 1. The number of hydrogen-bond donors (Lipinski definition) is 1. The van der Waals surface area contributed by atoms with Crippen LogP contribution in [-0.2, 0) is 0 Å². The molecular weight excluding hydrogens is 255 g/mol. The van der Waals surface area contributed by atoms with Crippen LogP contribution in [0.15, 0.2) is 24.3 Å². The van der Waals surface area contributed by atoms with Crippen LogP contribution in [0.1, 0.15) is 24.9 Å². The van der Waals surface area contributed by atoms with E-state index >= 15 is 0 Å². The van der Waals surface area contributed by atoms with Crippen LogP contribution in [0.2, 0.25) is 0 Å². The molecule has 0 bridgehead atoms. The smallest absolute Gasteiger partial charge is 0.390 e. The van der Waals surface area contributed by atoms with Crippen molar-refractivity contribution in [1.82, 2.24) is 0 Å². The normalized spacial score (nSPS) is 12.8. The lowest BCUT2D eigenvalue weighted by molar-refractivity contribution is -0.138. The minimum atomic E-state index is -4.27. The quantitative estimate of drug-likeness (QED) is 0.908. The van der Waals surface area contributed by atoms with Gasteiger partial charge < -0.3 is 10.5 Å². The summed E-state index contributed by atoms with van der Waals surface area (Å²) in [4.78, 5) is 0. The van der Waals surface area contributed by atoms with E-state index in [1.165, 1.54) is 0 Å². The van der Waals surface area contributed by atoms with Crippen LogP contribution in [0, 0.1) is 0 Å². The average molecular weight is 270 g/mol. The Bertz CT molecular complexity index is 344. The van der Waals surface area contributed by atoms with Crippen molar-refractivity contribution in [2.24, 2.45) is 5.73 Å². The standard InChI is InChI=1S/C11H14F3NO.ClH/c1-2-16-10-6-4-3-5-8(10)9(15)7-11(12,13)14;/h3-6,9H,2,7,15H2,1H3;1H/t9-;/m0./s1. The summed E-state index contributed by atoms with van der Waals surface area (Å²) in [6, 6.07) is 5.45. The first-order chi connectivity index (χ1) is 7.44. The molecule has 2 nitrogen and oxygen atoms in total. The predicted octanol–water partition coefficient (Wildman–Crippen LogP) is 3.46. The van der Waals surface area contributed by atoms with Crippen LogP contribution in [0.4, 0.5) is 13.2 Å². The minimum absolute atomic E-state index is 0. The lowest BCUT2D eigenvalue weighted by Crippen LogP contribution is -2.20. The van der Waals surface area contributed by atoms with Crippen LogP contribution >= 0.6 is 12.4 Å². The molecule has 1 atom stereocenters. The van der Waals surface area contributed by atoms with Gasteiger partial charge in [0.1, 0.15) is 5.75 Å². The van der Waals surface area contributed by atoms with Gasteiger partial charge in [-0.15, -0.1) is 12.4 Å². The molecule has 0 saturated heterocycles. The number of nitrogens with two attached hydrogens (primary N) is 1. The molecular formula is C11H15ClF3NO. The second kappa shape index (κ2) is 6.71. The van der Waals surface area contributed by atoms with Gasteiger partial charge in [-0.1, -0.05) is 18.2 Å². The molecule has 6 heteroatoms. The average Bonchev–Trinajstić information content (AvgIpc) is 2.16. The lowest BCUT2D eigenvalue weighted by atomic mass is 10.0. The Balaban J connectivity index is 0.00000256. The van der Waals surface area contributed by atoms with Crippen LogP contribution < -0.4 is 10.5 Å². The summed E-state index contributed by atoms with van der Waals surface area (Å²) < 4.78 is 41.8. The number of halogens is 4. The highest BCUT2D eigenvalue weighted by Crippen LogP contribution is 2.32. The van der Waals surface area contributed by atoms with Crippen molar-refractivity contribution in [2.45, 2.75) is 25.6 Å². The van der Waals surface area contributed by atoms with Crippen LogP contribution in [0.3, 0.4) is 0 Å². The number of rotatable bonds is 4. The van der Waals surface area contributed by atoms with E-state index in [0.717, 1.165) is 0 Å². The van der Waals surface area contributed by atoms with Gasteiger partial charge in [0.05, 0.1) is 13.0 Å². The fourth-order valence-corrected chi connectivity index (χ4v) is 1.43. The summed E-state index contributed by atoms with van der Waals surface area (Å²) in [6.45, 7) is 2.17. The van der Waals surface area contributed by atoms with Crippen molar-refractivity contribution >= 4 is 12.4 Å². The van der Waals surface area contributed by atoms with Crippen LogP contribution in [-0.4, -0.2) is 12.8 Å². The molecule has 0 saturated carbocycles. The summed E-state index contributed by atoms with van der Waals surface area (Å²) in [5.74, 6) is 0.418. The van der Waals surface area contributed by atoms with Gasteiger partial charge in [-0.3, -0.25) is 0 Å². The molecule has 0 aliphatic heterocycles. The minimum Gasteiger partial charge on any atom is -0.494 e. The van der Waals surface area contributed by atoms with Crippen molar-refractivity contribution in [2.75, 3.05) is 6.61 Å². The summed E-state index contributed by atoms with van der Waals surface area (Å²) in [5, 5.41) is 0. The third-order valence-electron chi connectivity index (χ3n) is 2.07. The van der Waals surface area contributed by atoms with Gasteiger partial charge in [0.2, 0.25) is 0 Å². The Labute approximate surface area is 104 Å². The number of hydrogen-bond acceptors (Lipinski definition) is 2. The summed E-state index contributed by atoms with van der Waals surface area (Å²) in [7, 11) is 0. The topological polar surface area (TPSA) is 35.2 Å². The van der Waals surface area contributed by atoms with Gasteiger partial charge in [0.15, 0.2) is 0 Å². The first-order valence-corrected chi connectivity index (χ1v) is 4.98. The largest absolute Gasteiger partial charge is 0.494 e. The molecule has 0 aromatic heterocycles. The third kappa shape index (κ3) is 5.28. The Morgan fingerprint density at radius 3 is 2.41 bits per heavy atom. The molecule has 0 amide bonds. The van der Waals surface area contributed by atoms with E-state index in [1.54, 1.807) is 31.2 Å². The monoisotopic (exact) mass is 269 g/mol. The van der Waals surface area contributed by atoms with Crippen molar-refractivity contribution in [3.63, 3.8) is 0 Å². The van der Waals surface area contributed by atoms with Crippen LogP contribution in [0.25, 0.3) is 0 Å².